The van der Waals surface area contributed by atoms with E-state index >= 15 is 0 Å². The number of methoxy groups -OCH3 is 1. The van der Waals surface area contributed by atoms with Gasteiger partial charge in [0.25, 0.3) is 11.5 Å². The molecule has 0 aromatic carbocycles. The van der Waals surface area contributed by atoms with Crippen LogP contribution in [0.5, 0.6) is 0 Å². The number of thiophene rings is 1. The Labute approximate surface area is 188 Å². The topological polar surface area (TPSA) is 137 Å². The fourth-order valence-corrected chi connectivity index (χ4v) is 4.78. The zero-order valence-corrected chi connectivity index (χ0v) is 19.3. The third-order valence-corrected chi connectivity index (χ3v) is 6.34. The molecule has 0 radical (unpaired) electrons. The number of rotatable bonds is 9. The minimum atomic E-state index is -0.794. The molecule has 0 aliphatic heterocycles. The van der Waals surface area contributed by atoms with E-state index in [0.717, 1.165) is 29.7 Å². The Morgan fingerprint density at radius 2 is 2.06 bits per heavy atom. The molecule has 0 saturated carbocycles. The SMILES string of the molecule is COCCN(C(=O)COC(=O)c1cc2c(s1)CCC2)c1c(N)n(CC(C)C)c(=O)[nH]c1=O. The van der Waals surface area contributed by atoms with Gasteiger partial charge in [-0.3, -0.25) is 24.0 Å². The number of fused-ring (bicyclic) bond motifs is 1. The lowest BCUT2D eigenvalue weighted by Gasteiger charge is -2.24. The van der Waals surface area contributed by atoms with E-state index in [1.54, 1.807) is 0 Å². The molecule has 2 aromatic rings. The lowest BCUT2D eigenvalue weighted by molar-refractivity contribution is -0.121. The Kier molecular flexibility index (Phi) is 7.52. The highest BCUT2D eigenvalue weighted by Gasteiger charge is 2.26. The van der Waals surface area contributed by atoms with Crippen molar-refractivity contribution in [1.29, 1.82) is 0 Å². The third kappa shape index (κ3) is 5.10. The second kappa shape index (κ2) is 10.1. The minimum absolute atomic E-state index is 0.00660. The first-order valence-corrected chi connectivity index (χ1v) is 11.2. The molecule has 2 aromatic heterocycles. The summed E-state index contributed by atoms with van der Waals surface area (Å²) in [6.45, 7) is 3.58. The molecule has 1 amide bonds. The Morgan fingerprint density at radius 3 is 2.72 bits per heavy atom. The van der Waals surface area contributed by atoms with Crippen LogP contribution < -0.4 is 21.9 Å². The highest BCUT2D eigenvalue weighted by atomic mass is 32.1. The normalized spacial score (nSPS) is 12.8. The summed E-state index contributed by atoms with van der Waals surface area (Å²) in [6.07, 6.45) is 2.97. The molecule has 0 saturated heterocycles. The van der Waals surface area contributed by atoms with Gasteiger partial charge >= 0.3 is 11.7 Å². The van der Waals surface area contributed by atoms with E-state index < -0.39 is 29.7 Å². The molecule has 1 aliphatic carbocycles. The van der Waals surface area contributed by atoms with E-state index in [2.05, 4.69) is 4.98 Å². The number of nitrogens with two attached hydrogens (primary N) is 1. The lowest BCUT2D eigenvalue weighted by Crippen LogP contribution is -2.44. The average molecular weight is 465 g/mol. The Balaban J connectivity index is 1.82. The summed E-state index contributed by atoms with van der Waals surface area (Å²) in [7, 11) is 1.45. The van der Waals surface area contributed by atoms with Crippen LogP contribution in [0.3, 0.4) is 0 Å². The van der Waals surface area contributed by atoms with Gasteiger partial charge in [0.1, 0.15) is 10.7 Å². The molecule has 0 unspecified atom stereocenters. The van der Waals surface area contributed by atoms with Crippen molar-refractivity contribution in [2.24, 2.45) is 5.92 Å². The summed E-state index contributed by atoms with van der Waals surface area (Å²) < 4.78 is 11.5. The van der Waals surface area contributed by atoms with E-state index in [1.165, 1.54) is 27.9 Å². The molecule has 0 atom stereocenters. The molecule has 0 bridgehead atoms. The van der Waals surface area contributed by atoms with Crippen LogP contribution in [0, 0.1) is 5.92 Å². The van der Waals surface area contributed by atoms with Gasteiger partial charge < -0.3 is 15.2 Å². The molecule has 174 valence electrons. The monoisotopic (exact) mass is 464 g/mol. The second-order valence-corrected chi connectivity index (χ2v) is 9.16. The highest BCUT2D eigenvalue weighted by molar-refractivity contribution is 7.14. The zero-order chi connectivity index (χ0) is 23.4. The number of esters is 1. The van der Waals surface area contributed by atoms with E-state index in [4.69, 9.17) is 15.2 Å². The summed E-state index contributed by atoms with van der Waals surface area (Å²) in [5.41, 5.74) is 5.68. The van der Waals surface area contributed by atoms with Gasteiger partial charge in [-0.15, -0.1) is 11.3 Å². The Bertz CT molecular complexity index is 1090. The Hall–Kier alpha value is -2.92. The number of aryl methyl sites for hydroxylation is 2. The Morgan fingerprint density at radius 1 is 1.31 bits per heavy atom. The largest absolute Gasteiger partial charge is 0.451 e. The maximum atomic E-state index is 12.9. The molecular weight excluding hydrogens is 436 g/mol. The standard InChI is InChI=1S/C21H28N4O6S/c1-12(2)10-25-18(22)17(19(27)23-21(25)29)24(7-8-30-3)16(26)11-31-20(28)15-9-13-5-4-6-14(13)32-15/h9,12H,4-8,10-11,22H2,1-3H3,(H,23,27,29). The van der Waals surface area contributed by atoms with Crippen molar-refractivity contribution in [2.75, 3.05) is 37.5 Å². The van der Waals surface area contributed by atoms with Gasteiger partial charge in [-0.05, 0) is 36.8 Å². The van der Waals surface area contributed by atoms with Gasteiger partial charge in [0, 0.05) is 25.1 Å². The number of ether oxygens (including phenoxy) is 2. The van der Waals surface area contributed by atoms with Crippen LogP contribution in [-0.4, -0.2) is 48.3 Å². The molecule has 10 nitrogen and oxygen atoms in total. The van der Waals surface area contributed by atoms with Gasteiger partial charge in [-0.25, -0.2) is 9.59 Å². The maximum Gasteiger partial charge on any atom is 0.348 e. The van der Waals surface area contributed by atoms with E-state index in [1.807, 2.05) is 19.9 Å². The van der Waals surface area contributed by atoms with Gasteiger partial charge in [0.2, 0.25) is 0 Å². The van der Waals surface area contributed by atoms with E-state index in [9.17, 15) is 19.2 Å². The summed E-state index contributed by atoms with van der Waals surface area (Å²) in [4.78, 5) is 55.1. The van der Waals surface area contributed by atoms with Crippen molar-refractivity contribution in [3.63, 3.8) is 0 Å². The summed E-state index contributed by atoms with van der Waals surface area (Å²) in [5.74, 6) is -1.29. The molecular formula is C21H28N4O6S. The molecule has 3 rings (SSSR count). The van der Waals surface area contributed by atoms with Crippen LogP contribution in [0.4, 0.5) is 11.5 Å². The number of hydrogen-bond acceptors (Lipinski definition) is 8. The molecule has 1 aliphatic rings. The fraction of sp³-hybridized carbons (Fsp3) is 0.524. The quantitative estimate of drug-likeness (QED) is 0.531. The van der Waals surface area contributed by atoms with Gasteiger partial charge in [0.15, 0.2) is 12.3 Å². The number of H-pyrrole nitrogens is 1. The summed E-state index contributed by atoms with van der Waals surface area (Å²) in [6, 6.07) is 1.81. The highest BCUT2D eigenvalue weighted by Crippen LogP contribution is 2.31. The van der Waals surface area contributed by atoms with Crippen LogP contribution in [-0.2, 0) is 33.7 Å². The van der Waals surface area contributed by atoms with Crippen LogP contribution in [0.25, 0.3) is 0 Å². The van der Waals surface area contributed by atoms with Crippen LogP contribution in [0.15, 0.2) is 15.7 Å². The maximum absolute atomic E-state index is 12.9. The van der Waals surface area contributed by atoms with Crippen molar-refractivity contribution in [1.82, 2.24) is 9.55 Å². The first-order chi connectivity index (χ1) is 15.2. The van der Waals surface area contributed by atoms with Crippen LogP contribution in [0.2, 0.25) is 0 Å². The number of amides is 1. The molecule has 0 spiro atoms. The smallest absolute Gasteiger partial charge is 0.348 e. The second-order valence-electron chi connectivity index (χ2n) is 8.02. The number of nitrogens with one attached hydrogen (secondary N) is 1. The first kappa shape index (κ1) is 23.7. The van der Waals surface area contributed by atoms with Crippen molar-refractivity contribution in [2.45, 2.75) is 39.7 Å². The molecule has 3 N–H and O–H groups in total. The van der Waals surface area contributed by atoms with Crippen molar-refractivity contribution >= 4 is 34.7 Å². The van der Waals surface area contributed by atoms with E-state index in [-0.39, 0.29) is 37.1 Å². The zero-order valence-electron chi connectivity index (χ0n) is 18.4. The number of anilines is 2. The molecule has 0 fully saturated rings. The number of aromatic nitrogens is 2. The molecule has 11 heteroatoms. The molecule has 32 heavy (non-hydrogen) atoms. The van der Waals surface area contributed by atoms with Crippen molar-refractivity contribution < 1.29 is 19.1 Å². The number of carbonyl (C=O) groups excluding carboxylic acids is 2. The number of carbonyl (C=O) groups is 2. The van der Waals surface area contributed by atoms with Crippen molar-refractivity contribution in [3.8, 4) is 0 Å². The first-order valence-electron chi connectivity index (χ1n) is 10.4. The third-order valence-electron chi connectivity index (χ3n) is 5.13. The summed E-state index contributed by atoms with van der Waals surface area (Å²) in [5, 5.41) is 0. The average Bonchev–Trinajstić information content (AvgIpc) is 3.33. The lowest BCUT2D eigenvalue weighted by atomic mass is 10.2. The number of nitrogen functional groups attached to an aromatic ring is 1. The van der Waals surface area contributed by atoms with Crippen LogP contribution >= 0.6 is 11.3 Å². The predicted octanol–water partition coefficient (Wildman–Crippen LogP) is 1.16. The minimum Gasteiger partial charge on any atom is -0.451 e. The summed E-state index contributed by atoms with van der Waals surface area (Å²) >= 11 is 1.38. The fourth-order valence-electron chi connectivity index (χ4n) is 3.63. The van der Waals surface area contributed by atoms with E-state index in [0.29, 0.717) is 4.88 Å². The number of hydrogen-bond donors (Lipinski definition) is 2. The number of nitrogens with zero attached hydrogens (tertiary/aromatic N) is 2. The van der Waals surface area contributed by atoms with Gasteiger partial charge in [-0.1, -0.05) is 13.8 Å². The number of aromatic amines is 1. The van der Waals surface area contributed by atoms with Crippen LogP contribution in [0.1, 0.15) is 40.4 Å². The van der Waals surface area contributed by atoms with Gasteiger partial charge in [-0.2, -0.15) is 0 Å². The molecule has 2 heterocycles. The predicted molar refractivity (Wildman–Crippen MR) is 121 cm³/mol. The van der Waals surface area contributed by atoms with Crippen molar-refractivity contribution in [3.05, 3.63) is 42.2 Å². The van der Waals surface area contributed by atoms with Gasteiger partial charge in [0.05, 0.1) is 6.61 Å².